The van der Waals surface area contributed by atoms with E-state index < -0.39 is 0 Å². The summed E-state index contributed by atoms with van der Waals surface area (Å²) < 4.78 is 1.58. The van der Waals surface area contributed by atoms with Crippen LogP contribution in [0.3, 0.4) is 0 Å². The van der Waals surface area contributed by atoms with Crippen LogP contribution in [0.4, 0.5) is 0 Å². The summed E-state index contributed by atoms with van der Waals surface area (Å²) in [4.78, 5) is 32.4. The van der Waals surface area contributed by atoms with Gasteiger partial charge in [0.25, 0.3) is 5.56 Å². The van der Waals surface area contributed by atoms with Gasteiger partial charge in [-0.3, -0.25) is 14.2 Å². The number of hydrogen-bond donors (Lipinski definition) is 0. The molecule has 1 atom stereocenters. The second kappa shape index (κ2) is 9.56. The van der Waals surface area contributed by atoms with Crippen molar-refractivity contribution < 1.29 is 4.79 Å². The number of fused-ring (bicyclic) bond motifs is 1. The minimum Gasteiger partial charge on any atom is -0.338 e. The quantitative estimate of drug-likeness (QED) is 0.320. The molecule has 0 saturated heterocycles. The Morgan fingerprint density at radius 2 is 1.90 bits per heavy atom. The number of thioether (sulfide) groups is 1. The number of rotatable bonds is 8. The van der Waals surface area contributed by atoms with E-state index in [1.54, 1.807) is 16.7 Å². The number of hydrogen-bond acceptors (Lipinski definition) is 4. The van der Waals surface area contributed by atoms with Crippen molar-refractivity contribution >= 4 is 28.6 Å². The Morgan fingerprint density at radius 3 is 2.59 bits per heavy atom. The molecule has 1 aromatic heterocycles. The maximum Gasteiger partial charge on any atom is 0.262 e. The maximum absolute atomic E-state index is 13.1. The largest absolute Gasteiger partial charge is 0.338 e. The third-order valence-electron chi connectivity index (χ3n) is 4.68. The lowest BCUT2D eigenvalue weighted by Gasteiger charge is -2.24. The Balaban J connectivity index is 1.86. The average Bonchev–Trinajstić information content (AvgIpc) is 2.75. The fourth-order valence-electron chi connectivity index (χ4n) is 3.14. The molecular weight excluding hydrogens is 382 g/mol. The predicted octanol–water partition coefficient (Wildman–Crippen LogP) is 4.11. The van der Waals surface area contributed by atoms with E-state index in [0.29, 0.717) is 35.7 Å². The van der Waals surface area contributed by atoms with Gasteiger partial charge < -0.3 is 4.90 Å². The highest BCUT2D eigenvalue weighted by atomic mass is 32.2. The zero-order valence-corrected chi connectivity index (χ0v) is 17.6. The first-order valence-corrected chi connectivity index (χ1v) is 10.5. The maximum atomic E-state index is 13.1. The summed E-state index contributed by atoms with van der Waals surface area (Å²) in [7, 11) is 0. The number of para-hydroxylation sites is 1. The van der Waals surface area contributed by atoms with Gasteiger partial charge in [0.15, 0.2) is 5.16 Å². The molecule has 1 unspecified atom stereocenters. The zero-order valence-electron chi connectivity index (χ0n) is 16.7. The molecule has 0 aliphatic carbocycles. The van der Waals surface area contributed by atoms with Crippen LogP contribution in [0.1, 0.15) is 19.4 Å². The highest BCUT2D eigenvalue weighted by Crippen LogP contribution is 2.24. The first-order valence-electron chi connectivity index (χ1n) is 9.65. The van der Waals surface area contributed by atoms with E-state index in [4.69, 9.17) is 0 Å². The van der Waals surface area contributed by atoms with Crippen LogP contribution in [0.2, 0.25) is 0 Å². The minimum absolute atomic E-state index is 0.0221. The number of carbonyl (C=O) groups excluding carboxylic acids is 1. The molecule has 29 heavy (non-hydrogen) atoms. The van der Waals surface area contributed by atoms with Gasteiger partial charge in [-0.05, 0) is 31.5 Å². The molecule has 0 bridgehead atoms. The van der Waals surface area contributed by atoms with Gasteiger partial charge in [-0.25, -0.2) is 4.98 Å². The van der Waals surface area contributed by atoms with Crippen molar-refractivity contribution in [3.8, 4) is 0 Å². The van der Waals surface area contributed by atoms with Crippen molar-refractivity contribution in [3.05, 3.63) is 83.2 Å². The number of amides is 1. The number of benzene rings is 2. The normalized spacial score (nSPS) is 11.9. The summed E-state index contributed by atoms with van der Waals surface area (Å²) >= 11 is 1.31. The molecular formula is C23H25N3O2S. The Kier molecular flexibility index (Phi) is 6.88. The first kappa shape index (κ1) is 20.9. The molecule has 0 N–H and O–H groups in total. The lowest BCUT2D eigenvalue weighted by molar-refractivity contribution is -0.130. The Morgan fingerprint density at radius 1 is 1.21 bits per heavy atom. The molecule has 5 nitrogen and oxygen atoms in total. The van der Waals surface area contributed by atoms with Crippen LogP contribution in [0.25, 0.3) is 10.9 Å². The van der Waals surface area contributed by atoms with Crippen LogP contribution in [0, 0.1) is 0 Å². The number of carbonyl (C=O) groups is 1. The number of allylic oxidation sites excluding steroid dienone is 1. The Labute approximate surface area is 175 Å². The molecule has 0 fully saturated rings. The lowest BCUT2D eigenvalue weighted by atomic mass is 10.2. The van der Waals surface area contributed by atoms with Crippen molar-refractivity contribution in [3.63, 3.8) is 0 Å². The van der Waals surface area contributed by atoms with E-state index in [2.05, 4.69) is 11.6 Å². The van der Waals surface area contributed by atoms with Crippen LogP contribution in [-0.4, -0.2) is 32.2 Å². The Bertz CT molecular complexity index is 1060. The second-order valence-corrected chi connectivity index (χ2v) is 8.02. The predicted molar refractivity (Wildman–Crippen MR) is 119 cm³/mol. The molecule has 150 valence electrons. The average molecular weight is 408 g/mol. The summed E-state index contributed by atoms with van der Waals surface area (Å²) in [6.45, 7) is 9.11. The summed E-state index contributed by atoms with van der Waals surface area (Å²) in [5.74, 6) is 0.0221. The van der Waals surface area contributed by atoms with Gasteiger partial charge in [0.1, 0.15) is 0 Å². The van der Waals surface area contributed by atoms with Crippen LogP contribution in [-0.2, 0) is 17.9 Å². The van der Waals surface area contributed by atoms with E-state index in [9.17, 15) is 9.59 Å². The molecule has 3 rings (SSSR count). The molecule has 1 amide bonds. The fraction of sp³-hybridized carbons (Fsp3) is 0.261. The highest BCUT2D eigenvalue weighted by molar-refractivity contribution is 8.00. The molecule has 0 aliphatic heterocycles. The van der Waals surface area contributed by atoms with Gasteiger partial charge in [-0.15, -0.1) is 6.58 Å². The standard InChI is InChI=1S/C23H25N3O2S/c1-4-15-26-22(28)19-13-9-10-14-20(19)24-23(26)29-17(3)21(27)25(5-2)16-18-11-7-6-8-12-18/h4,6-14,17H,1,5,15-16H2,2-3H3. The lowest BCUT2D eigenvalue weighted by Crippen LogP contribution is -2.36. The van der Waals surface area contributed by atoms with Crippen molar-refractivity contribution in [1.29, 1.82) is 0 Å². The van der Waals surface area contributed by atoms with Gasteiger partial charge in [-0.2, -0.15) is 0 Å². The Hall–Kier alpha value is -2.86. The molecule has 0 aliphatic rings. The summed E-state index contributed by atoms with van der Waals surface area (Å²) in [6.07, 6.45) is 1.67. The SMILES string of the molecule is C=CCn1c(SC(C)C(=O)N(CC)Cc2ccccc2)nc2ccccc2c1=O. The fourth-order valence-corrected chi connectivity index (χ4v) is 4.14. The van der Waals surface area contributed by atoms with E-state index in [1.165, 1.54) is 11.8 Å². The molecule has 2 aromatic carbocycles. The summed E-state index contributed by atoms with van der Waals surface area (Å²) in [5, 5.41) is 0.727. The van der Waals surface area contributed by atoms with E-state index in [0.717, 1.165) is 5.56 Å². The van der Waals surface area contributed by atoms with Crippen LogP contribution in [0.5, 0.6) is 0 Å². The van der Waals surface area contributed by atoms with Crippen LogP contribution < -0.4 is 5.56 Å². The van der Waals surface area contributed by atoms with Crippen LogP contribution in [0.15, 0.2) is 77.2 Å². The zero-order chi connectivity index (χ0) is 20.8. The summed E-state index contributed by atoms with van der Waals surface area (Å²) in [5.41, 5.74) is 1.61. The van der Waals surface area contributed by atoms with Gasteiger partial charge in [0.2, 0.25) is 5.91 Å². The van der Waals surface area contributed by atoms with Crippen molar-refractivity contribution in [2.24, 2.45) is 0 Å². The van der Waals surface area contributed by atoms with Gasteiger partial charge in [0, 0.05) is 19.6 Å². The van der Waals surface area contributed by atoms with E-state index in [1.807, 2.05) is 67.3 Å². The smallest absolute Gasteiger partial charge is 0.262 e. The summed E-state index contributed by atoms with van der Waals surface area (Å²) in [6, 6.07) is 17.2. The van der Waals surface area contributed by atoms with E-state index in [-0.39, 0.29) is 16.7 Å². The van der Waals surface area contributed by atoms with Gasteiger partial charge in [0.05, 0.1) is 16.2 Å². The molecule has 0 saturated carbocycles. The molecule has 3 aromatic rings. The number of aromatic nitrogens is 2. The second-order valence-electron chi connectivity index (χ2n) is 6.71. The third-order valence-corrected chi connectivity index (χ3v) is 5.76. The molecule has 0 spiro atoms. The first-order chi connectivity index (χ1) is 14.0. The van der Waals surface area contributed by atoms with E-state index >= 15 is 0 Å². The minimum atomic E-state index is -0.372. The van der Waals surface area contributed by atoms with Gasteiger partial charge in [-0.1, -0.05) is 60.3 Å². The van der Waals surface area contributed by atoms with Crippen molar-refractivity contribution in [2.75, 3.05) is 6.54 Å². The van der Waals surface area contributed by atoms with Crippen molar-refractivity contribution in [2.45, 2.75) is 37.3 Å². The van der Waals surface area contributed by atoms with Crippen LogP contribution >= 0.6 is 11.8 Å². The van der Waals surface area contributed by atoms with Crippen molar-refractivity contribution in [1.82, 2.24) is 14.5 Å². The number of nitrogens with zero attached hydrogens (tertiary/aromatic N) is 3. The third kappa shape index (κ3) is 4.77. The van der Waals surface area contributed by atoms with Gasteiger partial charge >= 0.3 is 0 Å². The molecule has 0 radical (unpaired) electrons. The molecule has 6 heteroatoms. The monoisotopic (exact) mass is 407 g/mol. The highest BCUT2D eigenvalue weighted by Gasteiger charge is 2.23. The topological polar surface area (TPSA) is 55.2 Å². The molecule has 1 heterocycles.